The van der Waals surface area contributed by atoms with Gasteiger partial charge in [0.05, 0.1) is 31.1 Å². The number of rotatable bonds is 5. The molecule has 0 unspecified atom stereocenters. The highest BCUT2D eigenvalue weighted by Crippen LogP contribution is 2.15. The van der Waals surface area contributed by atoms with E-state index < -0.39 is 0 Å². The number of thiophene rings is 1. The number of nitrogens with zero attached hydrogens (tertiary/aromatic N) is 2. The van der Waals surface area contributed by atoms with Crippen LogP contribution in [0.2, 0.25) is 0 Å². The molecule has 2 aliphatic rings. The standard InChI is InChI=1S/C21H25N3O2S/c25-20-4-1-9-24(20)15-17-5-7-18(8-6-17)21(26)23-12-10-22(11-13-23)16-19-3-2-14-27-19/h2-3,5-8,14H,1,4,9-13,15-16H2/p+1. The number of carbonyl (C=O) groups excluding carboxylic acids is 2. The van der Waals surface area contributed by atoms with Crippen molar-refractivity contribution in [3.8, 4) is 0 Å². The van der Waals surface area contributed by atoms with Crippen LogP contribution in [0.4, 0.5) is 0 Å². The van der Waals surface area contributed by atoms with Gasteiger partial charge in [-0.3, -0.25) is 9.59 Å². The molecule has 6 heteroatoms. The van der Waals surface area contributed by atoms with Gasteiger partial charge < -0.3 is 14.7 Å². The highest BCUT2D eigenvalue weighted by molar-refractivity contribution is 7.09. The molecule has 0 atom stereocenters. The third-order valence-corrected chi connectivity index (χ3v) is 6.38. The van der Waals surface area contributed by atoms with Crippen LogP contribution in [0.3, 0.4) is 0 Å². The molecule has 3 heterocycles. The van der Waals surface area contributed by atoms with E-state index in [1.54, 1.807) is 4.90 Å². The van der Waals surface area contributed by atoms with Crippen molar-refractivity contribution in [2.75, 3.05) is 32.7 Å². The predicted octanol–water partition coefficient (Wildman–Crippen LogP) is 1.41. The average Bonchev–Trinajstić information content (AvgIpc) is 3.35. The van der Waals surface area contributed by atoms with Crippen LogP contribution >= 0.6 is 11.3 Å². The first-order valence-corrected chi connectivity index (χ1v) is 10.6. The largest absolute Gasteiger partial charge is 0.338 e. The second kappa shape index (κ2) is 8.23. The van der Waals surface area contributed by atoms with Gasteiger partial charge >= 0.3 is 0 Å². The van der Waals surface area contributed by atoms with Gasteiger partial charge in [0.2, 0.25) is 5.91 Å². The van der Waals surface area contributed by atoms with E-state index in [1.165, 1.54) is 4.88 Å². The van der Waals surface area contributed by atoms with Gasteiger partial charge in [-0.1, -0.05) is 18.2 Å². The molecule has 1 N–H and O–H groups in total. The molecule has 2 aromatic rings. The lowest BCUT2D eigenvalue weighted by molar-refractivity contribution is -0.917. The van der Waals surface area contributed by atoms with E-state index in [0.29, 0.717) is 13.0 Å². The lowest BCUT2D eigenvalue weighted by Crippen LogP contribution is -3.13. The fourth-order valence-electron chi connectivity index (χ4n) is 3.89. The summed E-state index contributed by atoms with van der Waals surface area (Å²) < 4.78 is 0. The summed E-state index contributed by atoms with van der Waals surface area (Å²) in [6.07, 6.45) is 1.62. The molecule has 0 aliphatic carbocycles. The Hall–Kier alpha value is -2.18. The highest BCUT2D eigenvalue weighted by Gasteiger charge is 2.25. The highest BCUT2D eigenvalue weighted by atomic mass is 32.1. The number of nitrogens with one attached hydrogen (secondary N) is 1. The summed E-state index contributed by atoms with van der Waals surface area (Å²) in [5.41, 5.74) is 1.83. The third kappa shape index (κ3) is 4.39. The van der Waals surface area contributed by atoms with E-state index in [-0.39, 0.29) is 11.8 Å². The van der Waals surface area contributed by atoms with Gasteiger partial charge in [0.1, 0.15) is 6.54 Å². The van der Waals surface area contributed by atoms with Gasteiger partial charge in [-0.25, -0.2) is 0 Å². The smallest absolute Gasteiger partial charge is 0.254 e. The van der Waals surface area contributed by atoms with Crippen LogP contribution in [0, 0.1) is 0 Å². The molecule has 4 rings (SSSR count). The van der Waals surface area contributed by atoms with Crippen molar-refractivity contribution in [3.05, 3.63) is 57.8 Å². The van der Waals surface area contributed by atoms with Gasteiger partial charge in [-0.15, -0.1) is 11.3 Å². The van der Waals surface area contributed by atoms with Crippen LogP contribution in [0.5, 0.6) is 0 Å². The molecule has 0 bridgehead atoms. The number of likely N-dealkylation sites (tertiary alicyclic amines) is 1. The molecule has 5 nitrogen and oxygen atoms in total. The minimum absolute atomic E-state index is 0.119. The zero-order valence-corrected chi connectivity index (χ0v) is 16.3. The molecule has 142 valence electrons. The zero-order valence-electron chi connectivity index (χ0n) is 15.5. The molecule has 27 heavy (non-hydrogen) atoms. The summed E-state index contributed by atoms with van der Waals surface area (Å²) in [4.78, 5) is 31.4. The van der Waals surface area contributed by atoms with Crippen molar-refractivity contribution >= 4 is 23.2 Å². The number of carbonyl (C=O) groups is 2. The lowest BCUT2D eigenvalue weighted by atomic mass is 10.1. The van der Waals surface area contributed by atoms with Crippen molar-refractivity contribution in [3.63, 3.8) is 0 Å². The van der Waals surface area contributed by atoms with Crippen molar-refractivity contribution in [2.24, 2.45) is 0 Å². The monoisotopic (exact) mass is 384 g/mol. The average molecular weight is 385 g/mol. The number of amides is 2. The topological polar surface area (TPSA) is 45.1 Å². The molecule has 0 spiro atoms. The number of piperazine rings is 1. The number of hydrogen-bond acceptors (Lipinski definition) is 3. The molecule has 1 aromatic carbocycles. The Bertz CT molecular complexity index is 780. The Morgan fingerprint density at radius 3 is 2.48 bits per heavy atom. The maximum absolute atomic E-state index is 12.8. The maximum Gasteiger partial charge on any atom is 0.254 e. The predicted molar refractivity (Wildman–Crippen MR) is 106 cm³/mol. The first-order chi connectivity index (χ1) is 13.2. The number of benzene rings is 1. The maximum atomic E-state index is 12.8. The zero-order chi connectivity index (χ0) is 18.6. The molecule has 0 saturated carbocycles. The second-order valence-electron chi connectivity index (χ2n) is 7.41. The SMILES string of the molecule is O=C1CCCN1Cc1ccc(C(=O)N2CC[NH+](Cc3cccs3)CC2)cc1. The summed E-state index contributed by atoms with van der Waals surface area (Å²) in [7, 11) is 0. The molecule has 0 radical (unpaired) electrons. The summed E-state index contributed by atoms with van der Waals surface area (Å²) in [6.45, 7) is 6.17. The first kappa shape index (κ1) is 18.2. The van der Waals surface area contributed by atoms with E-state index in [9.17, 15) is 9.59 Å². The Morgan fingerprint density at radius 2 is 1.85 bits per heavy atom. The molecule has 2 fully saturated rings. The lowest BCUT2D eigenvalue weighted by Gasteiger charge is -2.32. The van der Waals surface area contributed by atoms with E-state index in [4.69, 9.17) is 0 Å². The van der Waals surface area contributed by atoms with Crippen molar-refractivity contribution in [1.29, 1.82) is 0 Å². The minimum atomic E-state index is 0.119. The Morgan fingerprint density at radius 1 is 1.07 bits per heavy atom. The van der Waals surface area contributed by atoms with Crippen molar-refractivity contribution < 1.29 is 14.5 Å². The number of quaternary nitrogens is 1. The molecule has 1 aromatic heterocycles. The van der Waals surface area contributed by atoms with E-state index in [1.807, 2.05) is 45.4 Å². The quantitative estimate of drug-likeness (QED) is 0.847. The van der Waals surface area contributed by atoms with E-state index >= 15 is 0 Å². The summed E-state index contributed by atoms with van der Waals surface area (Å²) >= 11 is 1.81. The fraction of sp³-hybridized carbons (Fsp3) is 0.429. The first-order valence-electron chi connectivity index (χ1n) is 9.71. The van der Waals surface area contributed by atoms with Gasteiger partial charge in [0, 0.05) is 25.1 Å². The fourth-order valence-corrected chi connectivity index (χ4v) is 4.67. The normalized spacial score (nSPS) is 18.3. The van der Waals surface area contributed by atoms with Gasteiger partial charge in [0.25, 0.3) is 5.91 Å². The second-order valence-corrected chi connectivity index (χ2v) is 8.45. The van der Waals surface area contributed by atoms with Crippen LogP contribution in [0.1, 0.15) is 33.6 Å². The van der Waals surface area contributed by atoms with Gasteiger partial charge in [0.15, 0.2) is 0 Å². The molecule has 2 aliphatic heterocycles. The Balaban J connectivity index is 1.30. The van der Waals surface area contributed by atoms with Crippen LogP contribution in [-0.2, 0) is 17.9 Å². The summed E-state index contributed by atoms with van der Waals surface area (Å²) in [5, 5.41) is 2.12. The minimum Gasteiger partial charge on any atom is -0.338 e. The van der Waals surface area contributed by atoms with Crippen LogP contribution < -0.4 is 4.90 Å². The molecule has 2 saturated heterocycles. The van der Waals surface area contributed by atoms with Gasteiger partial charge in [-0.05, 0) is 35.6 Å². The third-order valence-electron chi connectivity index (χ3n) is 5.51. The molecule has 2 amide bonds. The van der Waals surface area contributed by atoms with Gasteiger partial charge in [-0.2, -0.15) is 0 Å². The van der Waals surface area contributed by atoms with Crippen LogP contribution in [-0.4, -0.2) is 54.3 Å². The molecular weight excluding hydrogens is 358 g/mol. The number of hydrogen-bond donors (Lipinski definition) is 1. The van der Waals surface area contributed by atoms with Crippen LogP contribution in [0.25, 0.3) is 0 Å². The Kier molecular flexibility index (Phi) is 5.55. The molecular formula is C21H26N3O2S+. The summed E-state index contributed by atoms with van der Waals surface area (Å²) in [6, 6.07) is 12.1. The Labute approximate surface area is 164 Å². The van der Waals surface area contributed by atoms with E-state index in [0.717, 1.165) is 56.8 Å². The van der Waals surface area contributed by atoms with Crippen LogP contribution in [0.15, 0.2) is 41.8 Å². The van der Waals surface area contributed by atoms with E-state index in [2.05, 4.69) is 17.5 Å². The van der Waals surface area contributed by atoms with Crippen molar-refractivity contribution in [1.82, 2.24) is 9.80 Å². The summed E-state index contributed by atoms with van der Waals surface area (Å²) in [5.74, 6) is 0.354. The van der Waals surface area contributed by atoms with Crippen molar-refractivity contribution in [2.45, 2.75) is 25.9 Å².